The number of Topliss-reactive ketones (excluding diaryl/α,β-unsaturated/α-hetero) is 2. The van der Waals surface area contributed by atoms with Crippen LogP contribution in [0.2, 0.25) is 0 Å². The molecule has 0 aromatic rings. The van der Waals surface area contributed by atoms with Crippen molar-refractivity contribution in [3.63, 3.8) is 0 Å². The van der Waals surface area contributed by atoms with Crippen LogP contribution in [0.5, 0.6) is 0 Å². The highest BCUT2D eigenvalue weighted by molar-refractivity contribution is 5.86. The predicted octanol–water partition coefficient (Wildman–Crippen LogP) is 8.42. The van der Waals surface area contributed by atoms with Gasteiger partial charge in [0.2, 0.25) is 0 Å². The average molecular weight is 339 g/mol. The molecule has 0 heterocycles. The van der Waals surface area contributed by atoms with Crippen LogP contribution < -0.4 is 0 Å². The molecule has 0 saturated carbocycles. The van der Waals surface area contributed by atoms with E-state index in [1.807, 2.05) is 13.8 Å². The van der Waals surface area contributed by atoms with Crippen molar-refractivity contribution in [1.29, 1.82) is 0 Å². The van der Waals surface area contributed by atoms with Crippen LogP contribution in [0.1, 0.15) is 98.9 Å². The van der Waals surface area contributed by atoms with Gasteiger partial charge in [-0.25, -0.2) is 0 Å². The van der Waals surface area contributed by atoms with Crippen molar-refractivity contribution in [3.8, 4) is 0 Å². The summed E-state index contributed by atoms with van der Waals surface area (Å²) in [5, 5.41) is 0. The predicted molar refractivity (Wildman–Crippen MR) is 119 cm³/mol. The van der Waals surface area contributed by atoms with E-state index in [1.165, 1.54) is 6.92 Å². The highest BCUT2D eigenvalue weighted by Gasteiger charge is 2.11. The molecule has 0 bridgehead atoms. The van der Waals surface area contributed by atoms with Gasteiger partial charge in [0, 0.05) is 18.8 Å². The number of carbonyl (C=O) groups excluding carboxylic acids is 2. The minimum Gasteiger partial charge on any atom is -0.300 e. The fourth-order valence-corrected chi connectivity index (χ4v) is 0.866. The van der Waals surface area contributed by atoms with Gasteiger partial charge < -0.3 is 0 Å². The van der Waals surface area contributed by atoms with Crippen LogP contribution in [0.3, 0.4) is 0 Å². The molecule has 0 aromatic heterocycles. The van der Waals surface area contributed by atoms with Gasteiger partial charge in [0.25, 0.3) is 0 Å². The van der Waals surface area contributed by atoms with Crippen molar-refractivity contribution in [2.45, 2.75) is 98.9 Å². The SMILES string of the molecule is C.C.C.C.C.C.C.C=C.C=CC.CCCC(=O)CC(C)C(C)=O. The van der Waals surface area contributed by atoms with Crippen LogP contribution in [-0.4, -0.2) is 11.6 Å². The third-order valence-electron chi connectivity index (χ3n) is 1.76. The van der Waals surface area contributed by atoms with Crippen LogP contribution in [0, 0.1) is 5.92 Å². The van der Waals surface area contributed by atoms with Crippen molar-refractivity contribution >= 4 is 11.6 Å². The third-order valence-corrected chi connectivity index (χ3v) is 1.76. The molecule has 0 radical (unpaired) electrons. The van der Waals surface area contributed by atoms with Gasteiger partial charge >= 0.3 is 0 Å². The molecule has 0 aromatic carbocycles. The molecule has 0 rings (SSSR count). The third kappa shape index (κ3) is 76.5. The number of allylic oxidation sites excluding steroid dienone is 1. The van der Waals surface area contributed by atoms with Crippen molar-refractivity contribution in [2.75, 3.05) is 0 Å². The summed E-state index contributed by atoms with van der Waals surface area (Å²) >= 11 is 0. The van der Waals surface area contributed by atoms with Gasteiger partial charge in [0.05, 0.1) is 0 Å². The molecule has 2 nitrogen and oxygen atoms in total. The highest BCUT2D eigenvalue weighted by Crippen LogP contribution is 2.06. The molecule has 1 unspecified atom stereocenters. The van der Waals surface area contributed by atoms with Gasteiger partial charge in [-0.15, -0.1) is 19.7 Å². The summed E-state index contributed by atoms with van der Waals surface area (Å²) < 4.78 is 0. The molecule has 0 saturated heterocycles. The number of hydrogen-bond acceptors (Lipinski definition) is 2. The Morgan fingerprint density at radius 3 is 1.39 bits per heavy atom. The monoisotopic (exact) mass is 338 g/mol. The average Bonchev–Trinajstić information content (AvgIpc) is 2.22. The van der Waals surface area contributed by atoms with Crippen molar-refractivity contribution in [2.24, 2.45) is 5.92 Å². The zero-order valence-corrected chi connectivity index (χ0v) is 11.2. The molecular formula is C21H54O2. The van der Waals surface area contributed by atoms with Crippen LogP contribution in [0.25, 0.3) is 0 Å². The fraction of sp³-hybridized carbons (Fsp3) is 0.714. The maximum Gasteiger partial charge on any atom is 0.133 e. The van der Waals surface area contributed by atoms with Gasteiger partial charge in [0.15, 0.2) is 0 Å². The first-order valence-electron chi connectivity index (χ1n) is 5.58. The van der Waals surface area contributed by atoms with Crippen LogP contribution >= 0.6 is 0 Å². The molecule has 0 aliphatic heterocycles. The Kier molecular flexibility index (Phi) is 172. The highest BCUT2D eigenvalue weighted by atomic mass is 16.1. The lowest BCUT2D eigenvalue weighted by Crippen LogP contribution is -2.11. The molecule has 0 aliphatic rings. The summed E-state index contributed by atoms with van der Waals surface area (Å²) in [6.07, 6.45) is 3.66. The van der Waals surface area contributed by atoms with Gasteiger partial charge in [-0.2, -0.15) is 0 Å². The topological polar surface area (TPSA) is 34.1 Å². The summed E-state index contributed by atoms with van der Waals surface area (Å²) in [5.74, 6) is 0.221. The minimum atomic E-state index is -0.0888. The molecule has 150 valence electrons. The Balaban J connectivity index is -0.0000000159. The number of ketones is 2. The Morgan fingerprint density at radius 2 is 1.22 bits per heavy atom. The Labute approximate surface area is 152 Å². The van der Waals surface area contributed by atoms with Crippen molar-refractivity contribution in [1.82, 2.24) is 0 Å². The zero-order chi connectivity index (χ0) is 13.6. The van der Waals surface area contributed by atoms with Crippen LogP contribution in [0.4, 0.5) is 0 Å². The maximum absolute atomic E-state index is 11.0. The van der Waals surface area contributed by atoms with Crippen LogP contribution in [0.15, 0.2) is 25.8 Å². The molecular weight excluding hydrogens is 284 g/mol. The number of rotatable bonds is 5. The Morgan fingerprint density at radius 1 is 0.957 bits per heavy atom. The molecule has 23 heavy (non-hydrogen) atoms. The van der Waals surface area contributed by atoms with Gasteiger partial charge in [-0.3, -0.25) is 9.59 Å². The van der Waals surface area contributed by atoms with E-state index in [0.29, 0.717) is 12.8 Å². The molecule has 1 atom stereocenters. The van der Waals surface area contributed by atoms with E-state index in [0.717, 1.165) is 6.42 Å². The first kappa shape index (κ1) is 67.7. The lowest BCUT2D eigenvalue weighted by molar-refractivity contribution is -0.126. The second-order valence-corrected chi connectivity index (χ2v) is 3.41. The largest absolute Gasteiger partial charge is 0.300 e. The standard InChI is InChI=1S/C9H16O2.C3H6.C2H4.7CH4/c1-4-5-9(11)6-7(2)8(3)10;1-3-2;1-2;;;;;;;/h7H,4-6H2,1-3H3;3H,1H2,2H3;1-2H2;7*1H4. The lowest BCUT2D eigenvalue weighted by atomic mass is 9.99. The summed E-state index contributed by atoms with van der Waals surface area (Å²) in [6.45, 7) is 16.6. The van der Waals surface area contributed by atoms with E-state index < -0.39 is 0 Å². The first-order chi connectivity index (χ1) is 7.49. The maximum atomic E-state index is 11.0. The minimum absolute atomic E-state index is 0. The van der Waals surface area contributed by atoms with E-state index in [2.05, 4.69) is 19.7 Å². The molecule has 0 N–H and O–H groups in total. The Bertz CT molecular complexity index is 196. The molecule has 0 amide bonds. The van der Waals surface area contributed by atoms with E-state index in [-0.39, 0.29) is 69.5 Å². The smallest absolute Gasteiger partial charge is 0.133 e. The zero-order valence-electron chi connectivity index (χ0n) is 11.2. The summed E-state index contributed by atoms with van der Waals surface area (Å²) in [6, 6.07) is 0. The molecule has 0 fully saturated rings. The van der Waals surface area contributed by atoms with E-state index in [1.54, 1.807) is 13.0 Å². The Hall–Kier alpha value is -1.18. The lowest BCUT2D eigenvalue weighted by Gasteiger charge is -2.04. The van der Waals surface area contributed by atoms with Crippen molar-refractivity contribution in [3.05, 3.63) is 25.8 Å². The van der Waals surface area contributed by atoms with Gasteiger partial charge in [-0.05, 0) is 20.3 Å². The van der Waals surface area contributed by atoms with E-state index in [9.17, 15) is 9.59 Å². The van der Waals surface area contributed by atoms with Gasteiger partial charge in [0.1, 0.15) is 11.6 Å². The number of carbonyl (C=O) groups is 2. The molecule has 0 aliphatic carbocycles. The van der Waals surface area contributed by atoms with Gasteiger partial charge in [-0.1, -0.05) is 71.9 Å². The quantitative estimate of drug-likeness (QED) is 0.471. The van der Waals surface area contributed by atoms with Crippen LogP contribution in [-0.2, 0) is 9.59 Å². The second-order valence-electron chi connectivity index (χ2n) is 3.41. The molecule has 0 spiro atoms. The first-order valence-corrected chi connectivity index (χ1v) is 5.58. The number of hydrogen-bond donors (Lipinski definition) is 0. The summed E-state index contributed by atoms with van der Waals surface area (Å²) in [4.78, 5) is 21.7. The second kappa shape index (κ2) is 58.5. The summed E-state index contributed by atoms with van der Waals surface area (Å²) in [5.41, 5.74) is 0. The van der Waals surface area contributed by atoms with E-state index in [4.69, 9.17) is 0 Å². The van der Waals surface area contributed by atoms with Crippen molar-refractivity contribution < 1.29 is 9.59 Å². The normalized spacial score (nSPS) is 6.78. The fourth-order valence-electron chi connectivity index (χ4n) is 0.866. The molecule has 2 heteroatoms. The van der Waals surface area contributed by atoms with E-state index >= 15 is 0 Å². The summed E-state index contributed by atoms with van der Waals surface area (Å²) in [7, 11) is 0.